The van der Waals surface area contributed by atoms with Crippen molar-refractivity contribution in [2.24, 2.45) is 0 Å². The molecular formula is C14H16. The average molecular weight is 184 g/mol. The molecule has 14 heavy (non-hydrogen) atoms. The predicted molar refractivity (Wildman–Crippen MR) is 62.2 cm³/mol. The summed E-state index contributed by atoms with van der Waals surface area (Å²) in [5, 5.41) is 0. The van der Waals surface area contributed by atoms with Crippen molar-refractivity contribution in [1.29, 1.82) is 0 Å². The van der Waals surface area contributed by atoms with E-state index >= 15 is 0 Å². The molecule has 0 aliphatic heterocycles. The molecule has 0 heteroatoms. The van der Waals surface area contributed by atoms with Crippen LogP contribution in [0.2, 0.25) is 0 Å². The Balaban J connectivity index is 2.38. The third kappa shape index (κ3) is 1.65. The van der Waals surface area contributed by atoms with Crippen LogP contribution in [0.15, 0.2) is 42.0 Å². The van der Waals surface area contributed by atoms with Crippen LogP contribution in [-0.4, -0.2) is 0 Å². The maximum Gasteiger partial charge on any atom is -0.00856 e. The van der Waals surface area contributed by atoms with E-state index in [9.17, 15) is 0 Å². The molecule has 0 saturated heterocycles. The van der Waals surface area contributed by atoms with Gasteiger partial charge in [0.15, 0.2) is 0 Å². The highest BCUT2D eigenvalue weighted by molar-refractivity contribution is 5.74. The van der Waals surface area contributed by atoms with Gasteiger partial charge in [-0.05, 0) is 36.5 Å². The number of hydrogen-bond acceptors (Lipinski definition) is 0. The molecule has 0 unspecified atom stereocenters. The van der Waals surface area contributed by atoms with Crippen molar-refractivity contribution < 1.29 is 0 Å². The SMILES string of the molecule is CCc1ccccc1C1=CC(C)=CC1. The lowest BCUT2D eigenvalue weighted by atomic mass is 9.97. The lowest BCUT2D eigenvalue weighted by molar-refractivity contribution is 1.12. The van der Waals surface area contributed by atoms with Gasteiger partial charge in [0, 0.05) is 0 Å². The first-order chi connectivity index (χ1) is 6.81. The van der Waals surface area contributed by atoms with Crippen LogP contribution in [0.4, 0.5) is 0 Å². The van der Waals surface area contributed by atoms with Gasteiger partial charge in [0.2, 0.25) is 0 Å². The summed E-state index contributed by atoms with van der Waals surface area (Å²) in [6.07, 6.45) is 6.81. The zero-order valence-corrected chi connectivity index (χ0v) is 8.88. The molecule has 0 aromatic heterocycles. The van der Waals surface area contributed by atoms with Crippen molar-refractivity contribution in [2.45, 2.75) is 26.7 Å². The van der Waals surface area contributed by atoms with E-state index in [1.165, 1.54) is 22.3 Å². The number of benzene rings is 1. The Morgan fingerprint density at radius 3 is 2.64 bits per heavy atom. The molecule has 0 spiro atoms. The maximum atomic E-state index is 2.30. The topological polar surface area (TPSA) is 0 Å². The second-order valence-corrected chi connectivity index (χ2v) is 3.83. The number of aryl methyl sites for hydroxylation is 1. The van der Waals surface area contributed by atoms with E-state index in [-0.39, 0.29) is 0 Å². The van der Waals surface area contributed by atoms with Gasteiger partial charge in [0.1, 0.15) is 0 Å². The summed E-state index contributed by atoms with van der Waals surface area (Å²) >= 11 is 0. The van der Waals surface area contributed by atoms with Crippen LogP contribution < -0.4 is 0 Å². The zero-order valence-electron chi connectivity index (χ0n) is 8.88. The first kappa shape index (κ1) is 9.26. The minimum absolute atomic E-state index is 1.10. The minimum Gasteiger partial charge on any atom is -0.0772 e. The molecular weight excluding hydrogens is 168 g/mol. The van der Waals surface area contributed by atoms with Crippen molar-refractivity contribution in [1.82, 2.24) is 0 Å². The summed E-state index contributed by atoms with van der Waals surface area (Å²) in [4.78, 5) is 0. The first-order valence-corrected chi connectivity index (χ1v) is 5.27. The molecule has 2 rings (SSSR count). The van der Waals surface area contributed by atoms with Gasteiger partial charge in [-0.25, -0.2) is 0 Å². The van der Waals surface area contributed by atoms with Crippen molar-refractivity contribution in [3.8, 4) is 0 Å². The number of rotatable bonds is 2. The molecule has 1 aromatic rings. The van der Waals surface area contributed by atoms with Crippen LogP contribution >= 0.6 is 0 Å². The van der Waals surface area contributed by atoms with Gasteiger partial charge in [-0.3, -0.25) is 0 Å². The molecule has 0 nitrogen and oxygen atoms in total. The van der Waals surface area contributed by atoms with Gasteiger partial charge < -0.3 is 0 Å². The highest BCUT2D eigenvalue weighted by atomic mass is 14.1. The van der Waals surface area contributed by atoms with Crippen molar-refractivity contribution in [3.05, 3.63) is 53.1 Å². The Bertz CT molecular complexity index is 394. The third-order valence-electron chi connectivity index (χ3n) is 2.79. The third-order valence-corrected chi connectivity index (χ3v) is 2.79. The molecule has 0 fully saturated rings. The normalized spacial score (nSPS) is 15.3. The molecule has 0 heterocycles. The predicted octanol–water partition coefficient (Wildman–Crippen LogP) is 3.98. The summed E-state index contributed by atoms with van der Waals surface area (Å²) in [6.45, 7) is 4.39. The summed E-state index contributed by atoms with van der Waals surface area (Å²) in [6, 6.07) is 8.71. The van der Waals surface area contributed by atoms with Crippen molar-refractivity contribution in [3.63, 3.8) is 0 Å². The molecule has 0 bridgehead atoms. The molecule has 72 valence electrons. The maximum absolute atomic E-state index is 2.30. The largest absolute Gasteiger partial charge is 0.0772 e. The molecule has 1 aliphatic rings. The average Bonchev–Trinajstić information content (AvgIpc) is 2.65. The Labute approximate surface area is 86.0 Å². The van der Waals surface area contributed by atoms with Crippen LogP contribution in [0.1, 0.15) is 31.4 Å². The van der Waals surface area contributed by atoms with E-state index in [1.54, 1.807) is 0 Å². The van der Waals surface area contributed by atoms with E-state index in [0.29, 0.717) is 0 Å². The van der Waals surface area contributed by atoms with Crippen molar-refractivity contribution in [2.75, 3.05) is 0 Å². The molecule has 0 atom stereocenters. The highest BCUT2D eigenvalue weighted by Gasteiger charge is 2.08. The van der Waals surface area contributed by atoms with Gasteiger partial charge in [0.05, 0.1) is 0 Å². The zero-order chi connectivity index (χ0) is 9.97. The molecule has 0 radical (unpaired) electrons. The van der Waals surface area contributed by atoms with Crippen LogP contribution in [-0.2, 0) is 6.42 Å². The highest BCUT2D eigenvalue weighted by Crippen LogP contribution is 2.29. The Hall–Kier alpha value is -1.30. The summed E-state index contributed by atoms with van der Waals surface area (Å²) in [5.41, 5.74) is 5.76. The second kappa shape index (κ2) is 3.83. The monoisotopic (exact) mass is 184 g/mol. The second-order valence-electron chi connectivity index (χ2n) is 3.83. The van der Waals surface area contributed by atoms with E-state index < -0.39 is 0 Å². The van der Waals surface area contributed by atoms with Crippen LogP contribution in [0.3, 0.4) is 0 Å². The summed E-state index contributed by atoms with van der Waals surface area (Å²) < 4.78 is 0. The van der Waals surface area contributed by atoms with Gasteiger partial charge in [0.25, 0.3) is 0 Å². The van der Waals surface area contributed by atoms with Crippen LogP contribution in [0.5, 0.6) is 0 Å². The van der Waals surface area contributed by atoms with E-state index in [2.05, 4.69) is 50.3 Å². The lowest BCUT2D eigenvalue weighted by Crippen LogP contribution is -1.89. The van der Waals surface area contributed by atoms with Crippen LogP contribution in [0.25, 0.3) is 5.57 Å². The number of hydrogen-bond donors (Lipinski definition) is 0. The Kier molecular flexibility index (Phi) is 2.53. The van der Waals surface area contributed by atoms with E-state index in [1.807, 2.05) is 0 Å². The van der Waals surface area contributed by atoms with Gasteiger partial charge in [-0.2, -0.15) is 0 Å². The summed E-state index contributed by atoms with van der Waals surface area (Å²) in [7, 11) is 0. The Morgan fingerprint density at radius 1 is 1.21 bits per heavy atom. The molecule has 1 aliphatic carbocycles. The molecule has 0 N–H and O–H groups in total. The molecule has 0 saturated carbocycles. The quantitative estimate of drug-likeness (QED) is 0.652. The number of allylic oxidation sites excluding steroid dienone is 4. The molecule has 1 aromatic carbocycles. The van der Waals surface area contributed by atoms with Gasteiger partial charge in [-0.1, -0.05) is 48.9 Å². The first-order valence-electron chi connectivity index (χ1n) is 5.27. The smallest absolute Gasteiger partial charge is 0.00856 e. The minimum atomic E-state index is 1.10. The van der Waals surface area contributed by atoms with E-state index in [0.717, 1.165) is 12.8 Å². The lowest BCUT2D eigenvalue weighted by Gasteiger charge is -2.07. The Morgan fingerprint density at radius 2 is 2.00 bits per heavy atom. The fraction of sp³-hybridized carbons (Fsp3) is 0.286. The van der Waals surface area contributed by atoms with Gasteiger partial charge in [-0.15, -0.1) is 0 Å². The van der Waals surface area contributed by atoms with E-state index in [4.69, 9.17) is 0 Å². The van der Waals surface area contributed by atoms with Crippen LogP contribution in [0, 0.1) is 0 Å². The fourth-order valence-electron chi connectivity index (χ4n) is 1.99. The molecule has 0 amide bonds. The fourth-order valence-corrected chi connectivity index (χ4v) is 1.99. The van der Waals surface area contributed by atoms with Gasteiger partial charge >= 0.3 is 0 Å². The summed E-state index contributed by atoms with van der Waals surface area (Å²) in [5.74, 6) is 0. The standard InChI is InChI=1S/C14H16/c1-3-12-6-4-5-7-14(12)13-9-8-11(2)10-13/h4-8,10H,3,9H2,1-2H3. The van der Waals surface area contributed by atoms with Crippen molar-refractivity contribution >= 4 is 5.57 Å².